The SMILES string of the molecule is COc1cc(C=C2NC(=O)NC2=O)cc(Cl)c1OC(C)C. The molecule has 1 aliphatic heterocycles. The standard InChI is InChI=1S/C14H15ClN2O4/c1-7(2)21-12-9(15)4-8(6-11(12)20-3)5-10-13(18)17-14(19)16-10/h4-7H,1-3H3,(H2,16,17,18,19). The second-order valence-electron chi connectivity index (χ2n) is 4.67. The highest BCUT2D eigenvalue weighted by atomic mass is 35.5. The lowest BCUT2D eigenvalue weighted by atomic mass is 10.1. The summed E-state index contributed by atoms with van der Waals surface area (Å²) in [6, 6.07) is 2.75. The van der Waals surface area contributed by atoms with Crippen molar-refractivity contribution in [2.45, 2.75) is 20.0 Å². The van der Waals surface area contributed by atoms with Crippen molar-refractivity contribution in [3.8, 4) is 11.5 Å². The molecule has 0 aromatic heterocycles. The summed E-state index contributed by atoms with van der Waals surface area (Å²) >= 11 is 6.19. The normalized spacial score (nSPS) is 16.1. The Hall–Kier alpha value is -2.21. The van der Waals surface area contributed by atoms with E-state index in [-0.39, 0.29) is 11.8 Å². The molecule has 1 aliphatic rings. The fraction of sp³-hybridized carbons (Fsp3) is 0.286. The summed E-state index contributed by atoms with van der Waals surface area (Å²) in [6.45, 7) is 3.76. The molecule has 21 heavy (non-hydrogen) atoms. The van der Waals surface area contributed by atoms with Gasteiger partial charge >= 0.3 is 6.03 Å². The van der Waals surface area contributed by atoms with Gasteiger partial charge in [-0.2, -0.15) is 0 Å². The van der Waals surface area contributed by atoms with Crippen molar-refractivity contribution in [2.24, 2.45) is 0 Å². The summed E-state index contributed by atoms with van der Waals surface area (Å²) in [6.07, 6.45) is 1.45. The summed E-state index contributed by atoms with van der Waals surface area (Å²) in [5, 5.41) is 4.88. The minimum absolute atomic E-state index is 0.0551. The minimum atomic E-state index is -0.552. The van der Waals surface area contributed by atoms with Gasteiger partial charge in [0.25, 0.3) is 5.91 Å². The third kappa shape index (κ3) is 3.46. The zero-order valence-electron chi connectivity index (χ0n) is 11.8. The lowest BCUT2D eigenvalue weighted by Gasteiger charge is -2.15. The molecule has 1 fully saturated rings. The number of benzene rings is 1. The summed E-state index contributed by atoms with van der Waals surface area (Å²) < 4.78 is 10.9. The second kappa shape index (κ2) is 6.05. The first-order chi connectivity index (χ1) is 9.90. The van der Waals surface area contributed by atoms with E-state index in [0.29, 0.717) is 22.1 Å². The molecule has 1 saturated heterocycles. The third-order valence-corrected chi connectivity index (χ3v) is 2.92. The predicted octanol–water partition coefficient (Wildman–Crippen LogP) is 2.32. The maximum atomic E-state index is 11.5. The van der Waals surface area contributed by atoms with E-state index in [2.05, 4.69) is 10.6 Å². The molecule has 0 radical (unpaired) electrons. The molecule has 0 saturated carbocycles. The number of carbonyl (C=O) groups is 2. The van der Waals surface area contributed by atoms with Crippen LogP contribution in [0.2, 0.25) is 5.02 Å². The van der Waals surface area contributed by atoms with Crippen molar-refractivity contribution in [1.29, 1.82) is 0 Å². The van der Waals surface area contributed by atoms with E-state index < -0.39 is 11.9 Å². The molecule has 2 N–H and O–H groups in total. The van der Waals surface area contributed by atoms with Crippen LogP contribution < -0.4 is 20.1 Å². The van der Waals surface area contributed by atoms with Crippen LogP contribution in [0, 0.1) is 0 Å². The predicted molar refractivity (Wildman–Crippen MR) is 78.4 cm³/mol. The zero-order chi connectivity index (χ0) is 15.6. The van der Waals surface area contributed by atoms with Gasteiger partial charge in [-0.05, 0) is 37.6 Å². The van der Waals surface area contributed by atoms with Crippen LogP contribution >= 0.6 is 11.6 Å². The lowest BCUT2D eigenvalue weighted by molar-refractivity contribution is -0.115. The van der Waals surface area contributed by atoms with Crippen LogP contribution in [0.4, 0.5) is 4.79 Å². The molecule has 7 heteroatoms. The largest absolute Gasteiger partial charge is 0.493 e. The Morgan fingerprint density at radius 1 is 1.24 bits per heavy atom. The molecule has 3 amide bonds. The Labute approximate surface area is 127 Å². The Morgan fingerprint density at radius 3 is 2.48 bits per heavy atom. The summed E-state index contributed by atoms with van der Waals surface area (Å²) in [5.41, 5.74) is 0.760. The highest BCUT2D eigenvalue weighted by Gasteiger charge is 2.23. The van der Waals surface area contributed by atoms with Crippen LogP contribution in [-0.4, -0.2) is 25.2 Å². The molecule has 112 valence electrons. The van der Waals surface area contributed by atoms with Gasteiger partial charge in [-0.15, -0.1) is 0 Å². The number of urea groups is 1. The smallest absolute Gasteiger partial charge is 0.326 e. The molecule has 1 heterocycles. The molecule has 0 unspecified atom stereocenters. The highest BCUT2D eigenvalue weighted by molar-refractivity contribution is 6.32. The van der Waals surface area contributed by atoms with E-state index in [1.165, 1.54) is 13.2 Å². The average Bonchev–Trinajstić information content (AvgIpc) is 2.70. The first kappa shape index (κ1) is 15.2. The van der Waals surface area contributed by atoms with Gasteiger partial charge in [-0.3, -0.25) is 10.1 Å². The minimum Gasteiger partial charge on any atom is -0.493 e. The number of hydrogen-bond acceptors (Lipinski definition) is 4. The topological polar surface area (TPSA) is 76.7 Å². The summed E-state index contributed by atoms with van der Waals surface area (Å²) in [4.78, 5) is 22.6. The van der Waals surface area contributed by atoms with Gasteiger partial charge in [0.1, 0.15) is 5.70 Å². The third-order valence-electron chi connectivity index (χ3n) is 2.64. The first-order valence-corrected chi connectivity index (χ1v) is 6.66. The Morgan fingerprint density at radius 2 is 1.95 bits per heavy atom. The fourth-order valence-corrected chi connectivity index (χ4v) is 2.09. The van der Waals surface area contributed by atoms with E-state index >= 15 is 0 Å². The number of halogens is 1. The van der Waals surface area contributed by atoms with E-state index in [9.17, 15) is 9.59 Å². The first-order valence-electron chi connectivity index (χ1n) is 6.29. The average molecular weight is 311 g/mol. The van der Waals surface area contributed by atoms with Gasteiger partial charge in [0, 0.05) is 0 Å². The van der Waals surface area contributed by atoms with Crippen LogP contribution in [0.5, 0.6) is 11.5 Å². The molecular formula is C14H15ClN2O4. The molecule has 0 spiro atoms. The number of amides is 3. The van der Waals surface area contributed by atoms with E-state index in [0.717, 1.165) is 0 Å². The van der Waals surface area contributed by atoms with Crippen molar-refractivity contribution in [2.75, 3.05) is 7.11 Å². The van der Waals surface area contributed by atoms with Gasteiger partial charge in [0.05, 0.1) is 18.2 Å². The van der Waals surface area contributed by atoms with E-state index in [1.807, 2.05) is 13.8 Å². The molecular weight excluding hydrogens is 296 g/mol. The Kier molecular flexibility index (Phi) is 4.37. The number of carbonyl (C=O) groups excluding carboxylic acids is 2. The summed E-state index contributed by atoms with van der Waals surface area (Å²) in [5.74, 6) is 0.404. The number of hydrogen-bond donors (Lipinski definition) is 2. The molecule has 6 nitrogen and oxygen atoms in total. The van der Waals surface area contributed by atoms with Gasteiger partial charge in [0.15, 0.2) is 11.5 Å². The van der Waals surface area contributed by atoms with Crippen LogP contribution in [0.25, 0.3) is 6.08 Å². The zero-order valence-corrected chi connectivity index (χ0v) is 12.6. The summed E-state index contributed by atoms with van der Waals surface area (Å²) in [7, 11) is 1.50. The van der Waals surface area contributed by atoms with Crippen LogP contribution in [-0.2, 0) is 4.79 Å². The van der Waals surface area contributed by atoms with E-state index in [4.69, 9.17) is 21.1 Å². The quantitative estimate of drug-likeness (QED) is 0.661. The monoisotopic (exact) mass is 310 g/mol. The molecule has 0 bridgehead atoms. The molecule has 0 aliphatic carbocycles. The van der Waals surface area contributed by atoms with Crippen molar-refractivity contribution >= 4 is 29.6 Å². The van der Waals surface area contributed by atoms with E-state index in [1.54, 1.807) is 12.1 Å². The number of methoxy groups -OCH3 is 1. The number of ether oxygens (including phenoxy) is 2. The fourth-order valence-electron chi connectivity index (χ4n) is 1.82. The molecule has 1 aromatic carbocycles. The Balaban J connectivity index is 2.38. The van der Waals surface area contributed by atoms with Crippen LogP contribution in [0.15, 0.2) is 17.8 Å². The van der Waals surface area contributed by atoms with Crippen molar-refractivity contribution < 1.29 is 19.1 Å². The highest BCUT2D eigenvalue weighted by Crippen LogP contribution is 2.37. The maximum Gasteiger partial charge on any atom is 0.326 e. The van der Waals surface area contributed by atoms with Crippen molar-refractivity contribution in [3.63, 3.8) is 0 Å². The van der Waals surface area contributed by atoms with Crippen LogP contribution in [0.1, 0.15) is 19.4 Å². The molecule has 2 rings (SSSR count). The number of rotatable bonds is 4. The van der Waals surface area contributed by atoms with Gasteiger partial charge in [-0.1, -0.05) is 11.6 Å². The molecule has 1 aromatic rings. The van der Waals surface area contributed by atoms with Crippen molar-refractivity contribution in [3.05, 3.63) is 28.4 Å². The number of nitrogens with one attached hydrogen (secondary N) is 2. The lowest BCUT2D eigenvalue weighted by Crippen LogP contribution is -2.22. The Bertz CT molecular complexity index is 626. The van der Waals surface area contributed by atoms with Gasteiger partial charge in [0.2, 0.25) is 0 Å². The maximum absolute atomic E-state index is 11.5. The second-order valence-corrected chi connectivity index (χ2v) is 5.07. The number of imide groups is 1. The van der Waals surface area contributed by atoms with Crippen molar-refractivity contribution in [1.82, 2.24) is 10.6 Å². The van der Waals surface area contributed by atoms with Gasteiger partial charge in [-0.25, -0.2) is 4.79 Å². The van der Waals surface area contributed by atoms with Crippen LogP contribution in [0.3, 0.4) is 0 Å². The van der Waals surface area contributed by atoms with Gasteiger partial charge < -0.3 is 14.8 Å². The molecule has 0 atom stereocenters.